The zero-order valence-electron chi connectivity index (χ0n) is 14.2. The molecule has 0 aliphatic carbocycles. The zero-order chi connectivity index (χ0) is 17.9. The largest absolute Gasteiger partial charge is 0.330 e. The molecule has 1 saturated heterocycles. The fourth-order valence-corrected chi connectivity index (χ4v) is 3.49. The Hall–Kier alpha value is -3.02. The fourth-order valence-electron chi connectivity index (χ4n) is 3.49. The van der Waals surface area contributed by atoms with Crippen LogP contribution in [-0.2, 0) is 0 Å². The number of nitrogens with zero attached hydrogens (tertiary/aromatic N) is 3. The van der Waals surface area contributed by atoms with E-state index in [4.69, 9.17) is 0 Å². The molecule has 0 bridgehead atoms. The quantitative estimate of drug-likeness (QED) is 0.777. The van der Waals surface area contributed by atoms with E-state index in [1.165, 1.54) is 6.07 Å². The van der Waals surface area contributed by atoms with Gasteiger partial charge in [0.2, 0.25) is 0 Å². The summed E-state index contributed by atoms with van der Waals surface area (Å²) < 4.78 is 14.0. The lowest BCUT2D eigenvalue weighted by Crippen LogP contribution is -2.38. The maximum absolute atomic E-state index is 14.0. The summed E-state index contributed by atoms with van der Waals surface area (Å²) in [4.78, 5) is 19.1. The topological polar surface area (TPSA) is 61.9 Å². The van der Waals surface area contributed by atoms with Crippen molar-refractivity contribution in [2.45, 2.75) is 25.3 Å². The average molecular weight is 350 g/mol. The van der Waals surface area contributed by atoms with Gasteiger partial charge >= 0.3 is 0 Å². The molecule has 1 aromatic carbocycles. The number of likely N-dealkylation sites (tertiary alicyclic amines) is 1. The second-order valence-electron chi connectivity index (χ2n) is 6.44. The fraction of sp³-hybridized carbons (Fsp3) is 0.250. The number of halogens is 1. The van der Waals surface area contributed by atoms with Crippen molar-refractivity contribution in [1.29, 1.82) is 0 Å². The number of carbonyl (C=O) groups is 1. The number of rotatable bonds is 3. The first kappa shape index (κ1) is 16.4. The van der Waals surface area contributed by atoms with Crippen LogP contribution >= 0.6 is 0 Å². The highest BCUT2D eigenvalue weighted by molar-refractivity contribution is 5.93. The maximum Gasteiger partial charge on any atom is 0.272 e. The summed E-state index contributed by atoms with van der Waals surface area (Å²) in [5, 5.41) is 6.91. The first-order valence-electron chi connectivity index (χ1n) is 8.75. The number of aromatic nitrogens is 3. The van der Waals surface area contributed by atoms with Crippen molar-refractivity contribution >= 4 is 5.91 Å². The van der Waals surface area contributed by atoms with Crippen molar-refractivity contribution in [2.75, 3.05) is 6.54 Å². The van der Waals surface area contributed by atoms with Gasteiger partial charge < -0.3 is 4.90 Å². The van der Waals surface area contributed by atoms with Crippen molar-refractivity contribution in [3.63, 3.8) is 0 Å². The molecule has 5 nitrogen and oxygen atoms in total. The predicted octanol–water partition coefficient (Wildman–Crippen LogP) is 3.98. The third kappa shape index (κ3) is 3.10. The molecule has 26 heavy (non-hydrogen) atoms. The summed E-state index contributed by atoms with van der Waals surface area (Å²) in [5.74, 6) is -0.474. The standard InChI is InChI=1S/C20H19FN4O/c21-16-8-2-1-7-15(16)17-12-18(24-23-17)20(26)25-11-4-3-9-19(25)14-6-5-10-22-13-14/h1-2,5-8,10,12-13,19H,3-4,9,11H2,(H,23,24)/t19-/m0/s1. The molecule has 1 atom stereocenters. The van der Waals surface area contributed by atoms with E-state index in [1.54, 1.807) is 30.5 Å². The lowest BCUT2D eigenvalue weighted by molar-refractivity contribution is 0.0605. The monoisotopic (exact) mass is 350 g/mol. The Morgan fingerprint density at radius 2 is 2.08 bits per heavy atom. The van der Waals surface area contributed by atoms with Crippen LogP contribution in [0, 0.1) is 5.82 Å². The normalized spacial score (nSPS) is 17.3. The number of benzene rings is 1. The van der Waals surface area contributed by atoms with Crippen LogP contribution in [0.25, 0.3) is 11.3 Å². The van der Waals surface area contributed by atoms with E-state index < -0.39 is 0 Å². The van der Waals surface area contributed by atoms with Crippen LogP contribution in [0.4, 0.5) is 4.39 Å². The molecule has 2 aromatic heterocycles. The Morgan fingerprint density at radius 1 is 1.19 bits per heavy atom. The summed E-state index contributed by atoms with van der Waals surface area (Å²) in [6.07, 6.45) is 6.50. The highest BCUT2D eigenvalue weighted by Gasteiger charge is 2.30. The van der Waals surface area contributed by atoms with Crippen molar-refractivity contribution in [3.05, 3.63) is 71.9 Å². The second-order valence-corrected chi connectivity index (χ2v) is 6.44. The molecular formula is C20H19FN4O. The number of pyridine rings is 1. The van der Waals surface area contributed by atoms with Crippen molar-refractivity contribution in [2.24, 2.45) is 0 Å². The van der Waals surface area contributed by atoms with Gasteiger partial charge in [-0.3, -0.25) is 14.9 Å². The van der Waals surface area contributed by atoms with E-state index in [0.29, 0.717) is 23.5 Å². The predicted molar refractivity (Wildman–Crippen MR) is 95.8 cm³/mol. The van der Waals surface area contributed by atoms with Crippen LogP contribution in [0.3, 0.4) is 0 Å². The second kappa shape index (κ2) is 7.07. The number of amides is 1. The molecule has 6 heteroatoms. The molecule has 1 amide bonds. The summed E-state index contributed by atoms with van der Waals surface area (Å²) in [7, 11) is 0. The number of hydrogen-bond donors (Lipinski definition) is 1. The Morgan fingerprint density at radius 3 is 2.88 bits per heavy atom. The highest BCUT2D eigenvalue weighted by atomic mass is 19.1. The van der Waals surface area contributed by atoms with Gasteiger partial charge in [0, 0.05) is 24.5 Å². The van der Waals surface area contributed by atoms with Gasteiger partial charge in [0.1, 0.15) is 11.5 Å². The van der Waals surface area contributed by atoms with E-state index in [0.717, 1.165) is 24.8 Å². The van der Waals surface area contributed by atoms with Crippen molar-refractivity contribution in [3.8, 4) is 11.3 Å². The summed E-state index contributed by atoms with van der Waals surface area (Å²) >= 11 is 0. The van der Waals surface area contributed by atoms with Crippen LogP contribution in [0.2, 0.25) is 0 Å². The van der Waals surface area contributed by atoms with Gasteiger partial charge in [-0.25, -0.2) is 4.39 Å². The Balaban J connectivity index is 1.61. The van der Waals surface area contributed by atoms with Gasteiger partial charge in [0.15, 0.2) is 0 Å². The molecule has 1 aliphatic rings. The Kier molecular flexibility index (Phi) is 4.48. The van der Waals surface area contributed by atoms with Gasteiger partial charge in [-0.05, 0) is 49.1 Å². The van der Waals surface area contributed by atoms with Crippen LogP contribution in [0.5, 0.6) is 0 Å². The third-order valence-electron chi connectivity index (χ3n) is 4.79. The molecular weight excluding hydrogens is 331 g/mol. The van der Waals surface area contributed by atoms with E-state index in [9.17, 15) is 9.18 Å². The van der Waals surface area contributed by atoms with E-state index in [1.807, 2.05) is 23.2 Å². The van der Waals surface area contributed by atoms with E-state index >= 15 is 0 Å². The lowest BCUT2D eigenvalue weighted by Gasteiger charge is -2.35. The maximum atomic E-state index is 14.0. The number of nitrogens with one attached hydrogen (secondary N) is 1. The number of H-pyrrole nitrogens is 1. The van der Waals surface area contributed by atoms with Crippen LogP contribution in [0.1, 0.15) is 41.4 Å². The van der Waals surface area contributed by atoms with Crippen LogP contribution < -0.4 is 0 Å². The van der Waals surface area contributed by atoms with Crippen molar-refractivity contribution < 1.29 is 9.18 Å². The van der Waals surface area contributed by atoms with E-state index in [-0.39, 0.29) is 17.8 Å². The van der Waals surface area contributed by atoms with Crippen LogP contribution in [-0.4, -0.2) is 32.5 Å². The minimum absolute atomic E-state index is 0.00478. The first-order valence-corrected chi connectivity index (χ1v) is 8.75. The molecule has 1 fully saturated rings. The molecule has 1 aliphatic heterocycles. The van der Waals surface area contributed by atoms with Gasteiger partial charge in [-0.15, -0.1) is 0 Å². The SMILES string of the molecule is O=C(c1cc(-c2ccccc2F)n[nH]1)N1CCCC[C@H]1c1cccnc1. The number of carbonyl (C=O) groups excluding carboxylic acids is 1. The summed E-state index contributed by atoms with van der Waals surface area (Å²) in [6, 6.07) is 11.9. The molecule has 132 valence electrons. The lowest BCUT2D eigenvalue weighted by atomic mass is 9.96. The highest BCUT2D eigenvalue weighted by Crippen LogP contribution is 2.32. The molecule has 0 spiro atoms. The minimum atomic E-state index is -0.357. The van der Waals surface area contributed by atoms with Gasteiger partial charge in [0.05, 0.1) is 11.7 Å². The van der Waals surface area contributed by atoms with Crippen molar-refractivity contribution in [1.82, 2.24) is 20.1 Å². The molecule has 3 aromatic rings. The van der Waals surface area contributed by atoms with Crippen LogP contribution in [0.15, 0.2) is 54.9 Å². The molecule has 0 saturated carbocycles. The average Bonchev–Trinajstić information content (AvgIpc) is 3.18. The molecule has 0 unspecified atom stereocenters. The minimum Gasteiger partial charge on any atom is -0.330 e. The number of aromatic amines is 1. The smallest absolute Gasteiger partial charge is 0.272 e. The van der Waals surface area contributed by atoms with E-state index in [2.05, 4.69) is 15.2 Å². The zero-order valence-corrected chi connectivity index (χ0v) is 14.2. The summed E-state index contributed by atoms with van der Waals surface area (Å²) in [6.45, 7) is 0.687. The molecule has 1 N–H and O–H groups in total. The van der Waals surface area contributed by atoms with Gasteiger partial charge in [-0.1, -0.05) is 18.2 Å². The number of hydrogen-bond acceptors (Lipinski definition) is 3. The third-order valence-corrected chi connectivity index (χ3v) is 4.79. The summed E-state index contributed by atoms with van der Waals surface area (Å²) in [5.41, 5.74) is 2.22. The van der Waals surface area contributed by atoms with Gasteiger partial charge in [-0.2, -0.15) is 5.10 Å². The number of piperidine rings is 1. The van der Waals surface area contributed by atoms with Gasteiger partial charge in [0.25, 0.3) is 5.91 Å². The molecule has 4 rings (SSSR count). The Labute approximate surface area is 150 Å². The molecule has 0 radical (unpaired) electrons. The Bertz CT molecular complexity index is 909. The molecule has 3 heterocycles. The first-order chi connectivity index (χ1) is 12.7.